The van der Waals surface area contributed by atoms with Gasteiger partial charge < -0.3 is 4.42 Å². The smallest absolute Gasteiger partial charge is 0.169 e. The van der Waals surface area contributed by atoms with Crippen LogP contribution in [0.4, 0.5) is 0 Å². The third-order valence-electron chi connectivity index (χ3n) is 2.11. The van der Waals surface area contributed by atoms with Gasteiger partial charge in [0.1, 0.15) is 5.76 Å². The van der Waals surface area contributed by atoms with Crippen molar-refractivity contribution in [2.24, 2.45) is 0 Å². The van der Waals surface area contributed by atoms with Crippen LogP contribution < -0.4 is 0 Å². The number of likely N-dealkylation sites (tertiary alicyclic amines) is 1. The van der Waals surface area contributed by atoms with E-state index in [0.717, 1.165) is 12.3 Å². The molecule has 1 radical (unpaired) electrons. The molecule has 0 amide bonds. The summed E-state index contributed by atoms with van der Waals surface area (Å²) in [5, 5.41) is 0. The first kappa shape index (κ1) is 6.92. The van der Waals surface area contributed by atoms with Crippen LogP contribution in [0.2, 0.25) is 0 Å². The Bertz CT molecular complexity index is 199. The van der Waals surface area contributed by atoms with Crippen LogP contribution >= 0.6 is 0 Å². The summed E-state index contributed by atoms with van der Waals surface area (Å²) < 4.78 is 5.13. The average Bonchev–Trinajstić information content (AvgIpc) is 2.60. The van der Waals surface area contributed by atoms with Gasteiger partial charge in [0.2, 0.25) is 0 Å². The molecular weight excluding hydrogens is 138 g/mol. The highest BCUT2D eigenvalue weighted by Gasteiger charge is 2.12. The Morgan fingerprint density at radius 2 is 2.27 bits per heavy atom. The Labute approximate surface area is 66.8 Å². The molecule has 2 nitrogen and oxygen atoms in total. The van der Waals surface area contributed by atoms with Crippen molar-refractivity contribution in [3.8, 4) is 0 Å². The lowest BCUT2D eigenvalue weighted by Gasteiger charge is -2.11. The van der Waals surface area contributed by atoms with Crippen molar-refractivity contribution >= 4 is 0 Å². The molecule has 1 saturated heterocycles. The molecular formula is C9H12NO. The molecule has 1 aromatic heterocycles. The highest BCUT2D eigenvalue weighted by Crippen LogP contribution is 2.11. The molecule has 2 heterocycles. The van der Waals surface area contributed by atoms with E-state index in [0.29, 0.717) is 0 Å². The molecule has 2 rings (SSSR count). The molecule has 0 aromatic carbocycles. The molecule has 0 atom stereocenters. The minimum absolute atomic E-state index is 0.962. The highest BCUT2D eigenvalue weighted by atomic mass is 16.3. The Balaban J connectivity index is 1.90. The molecule has 0 aliphatic carbocycles. The first-order valence-electron chi connectivity index (χ1n) is 4.12. The minimum atomic E-state index is 0.962. The normalized spacial score (nSPS) is 19.3. The van der Waals surface area contributed by atoms with Gasteiger partial charge in [-0.05, 0) is 38.1 Å². The highest BCUT2D eigenvalue weighted by molar-refractivity contribution is 4.97. The van der Waals surface area contributed by atoms with Crippen molar-refractivity contribution in [1.29, 1.82) is 0 Å². The minimum Gasteiger partial charge on any atom is -0.456 e. The zero-order chi connectivity index (χ0) is 7.52. The summed E-state index contributed by atoms with van der Waals surface area (Å²) in [4.78, 5) is 2.41. The van der Waals surface area contributed by atoms with E-state index in [1.165, 1.54) is 25.9 Å². The molecule has 0 spiro atoms. The predicted molar refractivity (Wildman–Crippen MR) is 42.1 cm³/mol. The van der Waals surface area contributed by atoms with Crippen LogP contribution in [0, 0.1) is 6.26 Å². The SMILES string of the molecule is [c]1ccc(CN2CCCC2)o1. The molecule has 0 bridgehead atoms. The quantitative estimate of drug-likeness (QED) is 0.637. The van der Waals surface area contributed by atoms with Crippen LogP contribution in [0.5, 0.6) is 0 Å². The largest absolute Gasteiger partial charge is 0.456 e. The Morgan fingerprint density at radius 3 is 2.91 bits per heavy atom. The number of furan rings is 1. The van der Waals surface area contributed by atoms with Gasteiger partial charge >= 0.3 is 0 Å². The van der Waals surface area contributed by atoms with Gasteiger partial charge in [0.15, 0.2) is 6.26 Å². The average molecular weight is 150 g/mol. The van der Waals surface area contributed by atoms with E-state index in [1.807, 2.05) is 12.1 Å². The monoisotopic (exact) mass is 150 g/mol. The van der Waals surface area contributed by atoms with Crippen LogP contribution in [-0.4, -0.2) is 18.0 Å². The molecule has 0 saturated carbocycles. The van der Waals surface area contributed by atoms with Crippen LogP contribution in [-0.2, 0) is 6.54 Å². The first-order chi connectivity index (χ1) is 5.45. The zero-order valence-corrected chi connectivity index (χ0v) is 6.55. The lowest BCUT2D eigenvalue weighted by molar-refractivity contribution is 0.297. The van der Waals surface area contributed by atoms with Crippen LogP contribution in [0.15, 0.2) is 16.5 Å². The molecule has 11 heavy (non-hydrogen) atoms. The van der Waals surface area contributed by atoms with Gasteiger partial charge in [0, 0.05) is 0 Å². The fourth-order valence-electron chi connectivity index (χ4n) is 1.52. The van der Waals surface area contributed by atoms with E-state index in [9.17, 15) is 0 Å². The molecule has 2 heteroatoms. The maximum absolute atomic E-state index is 5.13. The van der Waals surface area contributed by atoms with E-state index in [-0.39, 0.29) is 0 Å². The number of hydrogen-bond donors (Lipinski definition) is 0. The fourth-order valence-corrected chi connectivity index (χ4v) is 1.52. The van der Waals surface area contributed by atoms with E-state index in [2.05, 4.69) is 11.2 Å². The van der Waals surface area contributed by atoms with Crippen molar-refractivity contribution in [3.63, 3.8) is 0 Å². The fraction of sp³-hybridized carbons (Fsp3) is 0.556. The second-order valence-corrected chi connectivity index (χ2v) is 3.00. The van der Waals surface area contributed by atoms with Gasteiger partial charge in [0.25, 0.3) is 0 Å². The summed E-state index contributed by atoms with van der Waals surface area (Å²) in [6, 6.07) is 3.81. The Morgan fingerprint density at radius 1 is 1.45 bits per heavy atom. The molecule has 1 aliphatic heterocycles. The zero-order valence-electron chi connectivity index (χ0n) is 6.55. The van der Waals surface area contributed by atoms with Crippen molar-refractivity contribution in [1.82, 2.24) is 4.90 Å². The molecule has 0 N–H and O–H groups in total. The summed E-state index contributed by atoms with van der Waals surface area (Å²) in [7, 11) is 0. The first-order valence-corrected chi connectivity index (χ1v) is 4.12. The Kier molecular flexibility index (Phi) is 1.95. The van der Waals surface area contributed by atoms with E-state index in [4.69, 9.17) is 4.42 Å². The Hall–Kier alpha value is -0.760. The second kappa shape index (κ2) is 3.09. The molecule has 1 aromatic rings. The summed E-state index contributed by atoms with van der Waals surface area (Å²) >= 11 is 0. The van der Waals surface area contributed by atoms with Gasteiger partial charge in [-0.15, -0.1) is 0 Å². The van der Waals surface area contributed by atoms with Crippen molar-refractivity contribution < 1.29 is 4.42 Å². The van der Waals surface area contributed by atoms with Gasteiger partial charge in [0.05, 0.1) is 6.54 Å². The standard InChI is InChI=1S/C9H12NO/c1-2-6-10(5-1)8-9-4-3-7-11-9/h3-4H,1-2,5-6,8H2. The van der Waals surface area contributed by atoms with Crippen molar-refractivity contribution in [3.05, 3.63) is 24.2 Å². The number of rotatable bonds is 2. The van der Waals surface area contributed by atoms with Crippen LogP contribution in [0.3, 0.4) is 0 Å². The summed E-state index contributed by atoms with van der Waals surface area (Å²) in [6.45, 7) is 3.41. The number of nitrogens with zero attached hydrogens (tertiary/aromatic N) is 1. The topological polar surface area (TPSA) is 16.4 Å². The van der Waals surface area contributed by atoms with Crippen LogP contribution in [0.25, 0.3) is 0 Å². The number of hydrogen-bond acceptors (Lipinski definition) is 2. The third kappa shape index (κ3) is 1.63. The molecule has 0 unspecified atom stereocenters. The van der Waals surface area contributed by atoms with Crippen LogP contribution in [0.1, 0.15) is 18.6 Å². The summed E-state index contributed by atoms with van der Waals surface area (Å²) in [5.74, 6) is 1.03. The molecule has 1 aliphatic rings. The van der Waals surface area contributed by atoms with Gasteiger partial charge in [-0.2, -0.15) is 0 Å². The van der Waals surface area contributed by atoms with Gasteiger partial charge in [-0.3, -0.25) is 4.90 Å². The van der Waals surface area contributed by atoms with E-state index < -0.39 is 0 Å². The van der Waals surface area contributed by atoms with Gasteiger partial charge in [-0.25, -0.2) is 0 Å². The lowest BCUT2D eigenvalue weighted by atomic mass is 10.4. The maximum atomic E-state index is 5.13. The predicted octanol–water partition coefficient (Wildman–Crippen LogP) is 1.68. The van der Waals surface area contributed by atoms with Crippen molar-refractivity contribution in [2.45, 2.75) is 19.4 Å². The maximum Gasteiger partial charge on any atom is 0.169 e. The van der Waals surface area contributed by atoms with Gasteiger partial charge in [-0.1, -0.05) is 0 Å². The van der Waals surface area contributed by atoms with E-state index >= 15 is 0 Å². The second-order valence-electron chi connectivity index (χ2n) is 3.00. The molecule has 1 fully saturated rings. The van der Waals surface area contributed by atoms with E-state index in [1.54, 1.807) is 0 Å². The molecule has 59 valence electrons. The summed E-state index contributed by atoms with van der Waals surface area (Å²) in [5.41, 5.74) is 0. The third-order valence-corrected chi connectivity index (χ3v) is 2.11. The summed E-state index contributed by atoms with van der Waals surface area (Å²) in [6.07, 6.45) is 5.38. The lowest BCUT2D eigenvalue weighted by Crippen LogP contribution is -2.17. The van der Waals surface area contributed by atoms with Crippen molar-refractivity contribution in [2.75, 3.05) is 13.1 Å².